The molecule has 1 amide bonds. The summed E-state index contributed by atoms with van der Waals surface area (Å²) in [5, 5.41) is 9.74. The van der Waals surface area contributed by atoms with Gasteiger partial charge < -0.3 is 14.7 Å². The summed E-state index contributed by atoms with van der Waals surface area (Å²) in [6, 6.07) is -0.000880. The second-order valence-electron chi connectivity index (χ2n) is 4.17. The average molecular weight is 199 g/mol. The first kappa shape index (κ1) is 9.77. The molecule has 4 heteroatoms. The summed E-state index contributed by atoms with van der Waals surface area (Å²) in [5.74, 6) is 0.472. The van der Waals surface area contributed by atoms with Crippen LogP contribution in [-0.4, -0.2) is 41.4 Å². The predicted molar refractivity (Wildman–Crippen MR) is 50.9 cm³/mol. The number of nitrogens with zero attached hydrogens (tertiary/aromatic N) is 1. The topological polar surface area (TPSA) is 49.8 Å². The first-order chi connectivity index (χ1) is 6.72. The van der Waals surface area contributed by atoms with Gasteiger partial charge in [0.1, 0.15) is 0 Å². The van der Waals surface area contributed by atoms with Crippen molar-refractivity contribution >= 4 is 6.09 Å². The molecule has 0 spiro atoms. The number of rotatable bonds is 1. The number of ether oxygens (including phenoxy) is 1. The maximum atomic E-state index is 11.5. The van der Waals surface area contributed by atoms with Gasteiger partial charge in [-0.25, -0.2) is 4.79 Å². The highest BCUT2D eigenvalue weighted by Crippen LogP contribution is 2.35. The molecule has 3 atom stereocenters. The lowest BCUT2D eigenvalue weighted by molar-refractivity contribution is -0.0485. The zero-order valence-corrected chi connectivity index (χ0v) is 8.48. The van der Waals surface area contributed by atoms with Crippen LogP contribution >= 0.6 is 0 Å². The smallest absolute Gasteiger partial charge is 0.410 e. The number of fused-ring (bicyclic) bond motifs is 3. The third-order valence-electron chi connectivity index (χ3n) is 3.25. The van der Waals surface area contributed by atoms with Crippen LogP contribution in [0.2, 0.25) is 0 Å². The van der Waals surface area contributed by atoms with Crippen molar-refractivity contribution < 1.29 is 14.6 Å². The van der Waals surface area contributed by atoms with Gasteiger partial charge in [0.25, 0.3) is 0 Å². The first-order valence-electron chi connectivity index (χ1n) is 5.33. The molecule has 80 valence electrons. The zero-order valence-electron chi connectivity index (χ0n) is 8.48. The standard InChI is InChI=1S/C10H17NO3/c1-2-14-10(13)11-6-7-3-4-8(11)9(12)5-7/h7-9,12H,2-6H2,1H3/t7-,8+,9+/m1/s1. The molecule has 3 rings (SSSR count). The summed E-state index contributed by atoms with van der Waals surface area (Å²) < 4.78 is 4.96. The molecule has 0 aromatic carbocycles. The van der Waals surface area contributed by atoms with Crippen LogP contribution in [-0.2, 0) is 4.74 Å². The molecule has 1 aliphatic carbocycles. The van der Waals surface area contributed by atoms with E-state index in [-0.39, 0.29) is 18.2 Å². The normalized spacial score (nSPS) is 35.9. The highest BCUT2D eigenvalue weighted by Gasteiger charge is 2.42. The van der Waals surface area contributed by atoms with Crippen LogP contribution in [0.3, 0.4) is 0 Å². The van der Waals surface area contributed by atoms with Crippen LogP contribution in [0.5, 0.6) is 0 Å². The number of carbonyl (C=O) groups excluding carboxylic acids is 1. The lowest BCUT2D eigenvalue weighted by atomic mass is 9.78. The molecule has 0 aromatic rings. The first-order valence-corrected chi connectivity index (χ1v) is 5.33. The van der Waals surface area contributed by atoms with E-state index in [1.807, 2.05) is 0 Å². The Balaban J connectivity index is 2.03. The molecule has 0 unspecified atom stereocenters. The van der Waals surface area contributed by atoms with Gasteiger partial charge in [0.15, 0.2) is 0 Å². The summed E-state index contributed by atoms with van der Waals surface area (Å²) in [7, 11) is 0. The molecule has 1 saturated carbocycles. The van der Waals surface area contributed by atoms with E-state index in [2.05, 4.69) is 0 Å². The molecule has 14 heavy (non-hydrogen) atoms. The van der Waals surface area contributed by atoms with Crippen molar-refractivity contribution in [1.82, 2.24) is 4.90 Å². The number of hydrogen-bond acceptors (Lipinski definition) is 3. The van der Waals surface area contributed by atoms with Crippen molar-refractivity contribution in [2.75, 3.05) is 13.2 Å². The second kappa shape index (κ2) is 3.77. The zero-order chi connectivity index (χ0) is 10.1. The number of carbonyl (C=O) groups is 1. The van der Waals surface area contributed by atoms with Crippen LogP contribution < -0.4 is 0 Å². The van der Waals surface area contributed by atoms with Gasteiger partial charge >= 0.3 is 6.09 Å². The molecule has 4 nitrogen and oxygen atoms in total. The van der Waals surface area contributed by atoms with Crippen molar-refractivity contribution in [3.8, 4) is 0 Å². The van der Waals surface area contributed by atoms with E-state index in [1.54, 1.807) is 11.8 Å². The largest absolute Gasteiger partial charge is 0.450 e. The lowest BCUT2D eigenvalue weighted by Gasteiger charge is -2.47. The fourth-order valence-corrected chi connectivity index (χ4v) is 2.57. The Morgan fingerprint density at radius 2 is 2.36 bits per heavy atom. The van der Waals surface area contributed by atoms with E-state index in [0.29, 0.717) is 12.5 Å². The summed E-state index contributed by atoms with van der Waals surface area (Å²) in [5.41, 5.74) is 0. The Bertz CT molecular complexity index is 231. The van der Waals surface area contributed by atoms with Gasteiger partial charge in [0, 0.05) is 6.54 Å². The van der Waals surface area contributed by atoms with Crippen LogP contribution in [0.15, 0.2) is 0 Å². The fraction of sp³-hybridized carbons (Fsp3) is 0.900. The molecule has 2 heterocycles. The Morgan fingerprint density at radius 1 is 1.57 bits per heavy atom. The maximum Gasteiger partial charge on any atom is 0.410 e. The Morgan fingerprint density at radius 3 is 2.93 bits per heavy atom. The van der Waals surface area contributed by atoms with Gasteiger partial charge in [-0.05, 0) is 32.1 Å². The lowest BCUT2D eigenvalue weighted by Crippen LogP contribution is -2.57. The minimum atomic E-state index is -0.341. The monoisotopic (exact) mass is 199 g/mol. The van der Waals surface area contributed by atoms with Crippen LogP contribution in [0, 0.1) is 5.92 Å². The second-order valence-corrected chi connectivity index (χ2v) is 4.17. The minimum Gasteiger partial charge on any atom is -0.450 e. The Kier molecular flexibility index (Phi) is 2.63. The van der Waals surface area contributed by atoms with Gasteiger partial charge in [-0.3, -0.25) is 0 Å². The van der Waals surface area contributed by atoms with Gasteiger partial charge in [0.2, 0.25) is 0 Å². The Hall–Kier alpha value is -0.770. The van der Waals surface area contributed by atoms with Gasteiger partial charge in [-0.2, -0.15) is 0 Å². The van der Waals surface area contributed by atoms with Gasteiger partial charge in [0.05, 0.1) is 18.8 Å². The van der Waals surface area contributed by atoms with Crippen molar-refractivity contribution in [3.63, 3.8) is 0 Å². The van der Waals surface area contributed by atoms with Gasteiger partial charge in [-0.1, -0.05) is 0 Å². The summed E-state index contributed by atoms with van der Waals surface area (Å²) >= 11 is 0. The molecule has 2 bridgehead atoms. The van der Waals surface area contributed by atoms with Crippen molar-refractivity contribution in [2.24, 2.45) is 5.92 Å². The van der Waals surface area contributed by atoms with E-state index in [1.165, 1.54) is 0 Å². The van der Waals surface area contributed by atoms with Crippen molar-refractivity contribution in [1.29, 1.82) is 0 Å². The van der Waals surface area contributed by atoms with E-state index >= 15 is 0 Å². The fourth-order valence-electron chi connectivity index (χ4n) is 2.57. The van der Waals surface area contributed by atoms with E-state index in [0.717, 1.165) is 25.8 Å². The van der Waals surface area contributed by atoms with Crippen LogP contribution in [0.4, 0.5) is 4.79 Å². The quantitative estimate of drug-likeness (QED) is 0.685. The molecule has 3 aliphatic rings. The number of piperidine rings is 2. The van der Waals surface area contributed by atoms with Gasteiger partial charge in [-0.15, -0.1) is 0 Å². The molecule has 2 aliphatic heterocycles. The number of aliphatic hydroxyl groups excluding tert-OH is 1. The molecule has 0 radical (unpaired) electrons. The average Bonchev–Trinajstić information content (AvgIpc) is 2.18. The highest BCUT2D eigenvalue weighted by molar-refractivity contribution is 5.68. The summed E-state index contributed by atoms with van der Waals surface area (Å²) in [4.78, 5) is 13.2. The van der Waals surface area contributed by atoms with E-state index < -0.39 is 0 Å². The van der Waals surface area contributed by atoms with Crippen LogP contribution in [0.25, 0.3) is 0 Å². The molecular weight excluding hydrogens is 182 g/mol. The molecule has 0 aromatic heterocycles. The molecule has 1 N–H and O–H groups in total. The molecule has 3 fully saturated rings. The summed E-state index contributed by atoms with van der Waals surface area (Å²) in [6.45, 7) is 2.97. The molecular formula is C10H17NO3. The molecule has 2 saturated heterocycles. The third-order valence-corrected chi connectivity index (χ3v) is 3.25. The van der Waals surface area contributed by atoms with Crippen LogP contribution in [0.1, 0.15) is 26.2 Å². The number of hydrogen-bond donors (Lipinski definition) is 1. The maximum absolute atomic E-state index is 11.5. The Labute approximate surface area is 83.8 Å². The predicted octanol–water partition coefficient (Wildman–Crippen LogP) is 0.988. The van der Waals surface area contributed by atoms with E-state index in [9.17, 15) is 9.90 Å². The summed E-state index contributed by atoms with van der Waals surface area (Å²) in [6.07, 6.45) is 2.30. The van der Waals surface area contributed by atoms with E-state index in [4.69, 9.17) is 4.74 Å². The third kappa shape index (κ3) is 1.59. The van der Waals surface area contributed by atoms with Crippen molar-refractivity contribution in [3.05, 3.63) is 0 Å². The highest BCUT2D eigenvalue weighted by atomic mass is 16.6. The number of aliphatic hydroxyl groups is 1. The van der Waals surface area contributed by atoms with Crippen molar-refractivity contribution in [2.45, 2.75) is 38.3 Å². The number of amides is 1. The minimum absolute atomic E-state index is 0.000880. The SMILES string of the molecule is CCOC(=O)N1C[C@@H]2CC[C@H]1[C@@H](O)C2.